The molecule has 0 saturated heterocycles. The number of amides is 1. The number of nitrogens with two attached hydrogens (primary N) is 1. The summed E-state index contributed by atoms with van der Waals surface area (Å²) in [6.07, 6.45) is 1.72. The molecule has 3 aromatic rings. The number of para-hydroxylation sites is 1. The number of nitrogens with zero attached hydrogens (tertiary/aromatic N) is 3. The number of carbonyl (C=O) groups is 1. The summed E-state index contributed by atoms with van der Waals surface area (Å²) in [5.41, 5.74) is 7.80. The predicted octanol–water partition coefficient (Wildman–Crippen LogP) is 2.14. The second-order valence-corrected chi connectivity index (χ2v) is 8.80. The van der Waals surface area contributed by atoms with Crippen LogP contribution in [0.4, 0.5) is 17.8 Å². The molecule has 2 heterocycles. The van der Waals surface area contributed by atoms with Crippen molar-refractivity contribution in [3.63, 3.8) is 0 Å². The molecule has 0 aliphatic carbocycles. The zero-order valence-corrected chi connectivity index (χ0v) is 22.9. The molecule has 1 aliphatic heterocycles. The lowest BCUT2D eigenvalue weighted by molar-refractivity contribution is 0.0511. The highest BCUT2D eigenvalue weighted by molar-refractivity contribution is 5.94. The maximum Gasteiger partial charge on any atom is 0.251 e. The Morgan fingerprint density at radius 2 is 1.61 bits per heavy atom. The second kappa shape index (κ2) is 16.0. The van der Waals surface area contributed by atoms with E-state index in [2.05, 4.69) is 42.8 Å². The largest absolute Gasteiger partial charge is 0.454 e. The predicted molar refractivity (Wildman–Crippen MR) is 155 cm³/mol. The van der Waals surface area contributed by atoms with E-state index in [9.17, 15) is 4.79 Å². The maximum atomic E-state index is 12.4. The molecule has 4 rings (SSSR count). The van der Waals surface area contributed by atoms with Gasteiger partial charge in [0.05, 0.1) is 26.4 Å². The molecule has 0 radical (unpaired) electrons. The van der Waals surface area contributed by atoms with Gasteiger partial charge in [0, 0.05) is 43.9 Å². The third-order valence-corrected chi connectivity index (χ3v) is 5.79. The van der Waals surface area contributed by atoms with E-state index in [1.54, 1.807) is 18.2 Å². The Kier molecular flexibility index (Phi) is 11.5. The van der Waals surface area contributed by atoms with Crippen LogP contribution in [0.2, 0.25) is 0 Å². The minimum atomic E-state index is -0.167. The first kappa shape index (κ1) is 29.5. The molecule has 1 aromatic heterocycles. The van der Waals surface area contributed by atoms with Crippen molar-refractivity contribution in [2.45, 2.75) is 13.1 Å². The van der Waals surface area contributed by atoms with Gasteiger partial charge in [-0.1, -0.05) is 30.3 Å². The lowest BCUT2D eigenvalue weighted by Gasteiger charge is -2.12. The number of rotatable bonds is 18. The molecule has 218 valence electrons. The molecule has 1 amide bonds. The Morgan fingerprint density at radius 3 is 2.34 bits per heavy atom. The van der Waals surface area contributed by atoms with Gasteiger partial charge in [0.15, 0.2) is 11.5 Å². The van der Waals surface area contributed by atoms with Crippen LogP contribution in [0.5, 0.6) is 11.5 Å². The van der Waals surface area contributed by atoms with Crippen molar-refractivity contribution in [2.24, 2.45) is 5.73 Å². The molecule has 13 heteroatoms. The third kappa shape index (κ3) is 9.31. The van der Waals surface area contributed by atoms with Gasteiger partial charge in [0.1, 0.15) is 0 Å². The highest BCUT2D eigenvalue weighted by Gasteiger charge is 2.17. The van der Waals surface area contributed by atoms with E-state index < -0.39 is 0 Å². The van der Waals surface area contributed by atoms with Crippen LogP contribution in [0.15, 0.2) is 55.1 Å². The molecule has 0 unspecified atom stereocenters. The van der Waals surface area contributed by atoms with Gasteiger partial charge in [-0.25, -0.2) is 0 Å². The number of ether oxygens (including phenoxy) is 4. The number of anilines is 3. The number of nitrogens with one attached hydrogen (secondary N) is 4. The van der Waals surface area contributed by atoms with Crippen molar-refractivity contribution in [2.75, 3.05) is 68.8 Å². The van der Waals surface area contributed by atoms with Crippen LogP contribution in [0.3, 0.4) is 0 Å². The molecule has 0 atom stereocenters. The SMILES string of the molecule is C=CCNc1nc(NCc2ccc(C(=O)NCCOCCOCCN)cc2)nc(NCc2cccc3c2OCO3)n1. The van der Waals surface area contributed by atoms with Gasteiger partial charge in [-0.2, -0.15) is 15.0 Å². The van der Waals surface area contributed by atoms with Crippen molar-refractivity contribution in [1.29, 1.82) is 0 Å². The Bertz CT molecular complexity index is 1270. The number of fused-ring (bicyclic) bond motifs is 1. The van der Waals surface area contributed by atoms with E-state index in [1.165, 1.54) is 0 Å². The van der Waals surface area contributed by atoms with Crippen molar-refractivity contribution in [3.05, 3.63) is 71.8 Å². The molecule has 0 saturated carbocycles. The average Bonchev–Trinajstić information content (AvgIpc) is 3.49. The van der Waals surface area contributed by atoms with Gasteiger partial charge in [-0.15, -0.1) is 6.58 Å². The standard InChI is InChI=1S/C28H36N8O5/c1-2-11-31-26-34-27(36-28(35-26)33-18-22-4-3-5-23-24(22)41-19-40-23)32-17-20-6-8-21(9-7-20)25(37)30-12-14-39-16-15-38-13-10-29/h2-9H,1,10-19,29H2,(H,30,37)(H3,31,32,33,34,35,36). The highest BCUT2D eigenvalue weighted by atomic mass is 16.7. The summed E-state index contributed by atoms with van der Waals surface area (Å²) in [6, 6.07) is 13.0. The van der Waals surface area contributed by atoms with Crippen LogP contribution in [0.1, 0.15) is 21.5 Å². The van der Waals surface area contributed by atoms with Gasteiger partial charge in [-0.05, 0) is 23.8 Å². The number of hydrogen-bond donors (Lipinski definition) is 5. The van der Waals surface area contributed by atoms with E-state index in [0.29, 0.717) is 94.1 Å². The fourth-order valence-corrected chi connectivity index (χ4v) is 3.78. The smallest absolute Gasteiger partial charge is 0.251 e. The molecule has 6 N–H and O–H groups in total. The Hall–Kier alpha value is -4.46. The monoisotopic (exact) mass is 564 g/mol. The van der Waals surface area contributed by atoms with Crippen molar-refractivity contribution < 1.29 is 23.7 Å². The van der Waals surface area contributed by atoms with Crippen molar-refractivity contribution in [3.8, 4) is 11.5 Å². The van der Waals surface area contributed by atoms with Crippen molar-refractivity contribution >= 4 is 23.8 Å². The summed E-state index contributed by atoms with van der Waals surface area (Å²) < 4.78 is 21.7. The first-order valence-corrected chi connectivity index (χ1v) is 13.3. The quantitative estimate of drug-likeness (QED) is 0.113. The molecule has 0 bridgehead atoms. The van der Waals surface area contributed by atoms with Gasteiger partial charge >= 0.3 is 0 Å². The fourth-order valence-electron chi connectivity index (χ4n) is 3.78. The zero-order valence-electron chi connectivity index (χ0n) is 22.9. The number of hydrogen-bond acceptors (Lipinski definition) is 12. The van der Waals surface area contributed by atoms with Crippen LogP contribution in [-0.4, -0.2) is 73.7 Å². The Morgan fingerprint density at radius 1 is 0.902 bits per heavy atom. The Labute approximate surface area is 238 Å². The van der Waals surface area contributed by atoms with Gasteiger partial charge in [0.2, 0.25) is 24.6 Å². The van der Waals surface area contributed by atoms with E-state index in [-0.39, 0.29) is 12.7 Å². The van der Waals surface area contributed by atoms with Gasteiger partial charge in [0.25, 0.3) is 5.91 Å². The second-order valence-electron chi connectivity index (χ2n) is 8.80. The van der Waals surface area contributed by atoms with E-state index >= 15 is 0 Å². The van der Waals surface area contributed by atoms with Gasteiger partial charge in [-0.3, -0.25) is 4.79 Å². The van der Waals surface area contributed by atoms with Crippen LogP contribution in [0.25, 0.3) is 0 Å². The van der Waals surface area contributed by atoms with Crippen molar-refractivity contribution in [1.82, 2.24) is 20.3 Å². The van der Waals surface area contributed by atoms with Crippen LogP contribution >= 0.6 is 0 Å². The normalized spacial score (nSPS) is 11.6. The lowest BCUT2D eigenvalue weighted by atomic mass is 10.1. The molecular formula is C28H36N8O5. The van der Waals surface area contributed by atoms with Gasteiger partial charge < -0.3 is 45.9 Å². The summed E-state index contributed by atoms with van der Waals surface area (Å²) in [5, 5.41) is 12.4. The summed E-state index contributed by atoms with van der Waals surface area (Å²) in [7, 11) is 0. The number of aromatic nitrogens is 3. The van der Waals surface area contributed by atoms with Crippen LogP contribution in [0, 0.1) is 0 Å². The third-order valence-electron chi connectivity index (χ3n) is 5.79. The molecule has 1 aliphatic rings. The number of carbonyl (C=O) groups excluding carboxylic acids is 1. The first-order valence-electron chi connectivity index (χ1n) is 13.3. The average molecular weight is 565 g/mol. The summed E-state index contributed by atoms with van der Waals surface area (Å²) in [6.45, 7) is 8.07. The molecule has 0 fully saturated rings. The van der Waals surface area contributed by atoms with Crippen LogP contribution < -0.4 is 36.5 Å². The first-order chi connectivity index (χ1) is 20.2. The highest BCUT2D eigenvalue weighted by Crippen LogP contribution is 2.35. The van der Waals surface area contributed by atoms with E-state index in [0.717, 1.165) is 11.1 Å². The summed E-state index contributed by atoms with van der Waals surface area (Å²) >= 11 is 0. The Balaban J connectivity index is 1.28. The number of benzene rings is 2. The maximum absolute atomic E-state index is 12.4. The van der Waals surface area contributed by atoms with E-state index in [4.69, 9.17) is 24.7 Å². The zero-order chi connectivity index (χ0) is 28.7. The summed E-state index contributed by atoms with van der Waals surface area (Å²) in [4.78, 5) is 25.8. The molecule has 41 heavy (non-hydrogen) atoms. The summed E-state index contributed by atoms with van der Waals surface area (Å²) in [5.74, 6) is 2.45. The minimum Gasteiger partial charge on any atom is -0.454 e. The molecular weight excluding hydrogens is 528 g/mol. The topological polar surface area (TPSA) is 167 Å². The molecule has 0 spiro atoms. The fraction of sp³-hybridized carbons (Fsp3) is 0.357. The molecule has 2 aromatic carbocycles. The minimum absolute atomic E-state index is 0.167. The van der Waals surface area contributed by atoms with Crippen LogP contribution in [-0.2, 0) is 22.6 Å². The lowest BCUT2D eigenvalue weighted by Crippen LogP contribution is -2.27. The molecule has 13 nitrogen and oxygen atoms in total. The van der Waals surface area contributed by atoms with E-state index in [1.807, 2.05) is 30.3 Å².